The number of hydrogen-bond acceptors (Lipinski definition) is 3. The highest BCUT2D eigenvalue weighted by atomic mass is 35.5. The lowest BCUT2D eigenvalue weighted by atomic mass is 10.1. The molecule has 0 aliphatic carbocycles. The van der Waals surface area contributed by atoms with Crippen molar-refractivity contribution in [3.63, 3.8) is 0 Å². The van der Waals surface area contributed by atoms with Gasteiger partial charge in [0.05, 0.1) is 0 Å². The van der Waals surface area contributed by atoms with Crippen molar-refractivity contribution in [3.8, 4) is 0 Å². The zero-order valence-corrected chi connectivity index (χ0v) is 13.1. The number of aryl methyl sites for hydroxylation is 2. The summed E-state index contributed by atoms with van der Waals surface area (Å²) in [4.78, 5) is 16.4. The molecule has 21 heavy (non-hydrogen) atoms. The van der Waals surface area contributed by atoms with Crippen molar-refractivity contribution >= 4 is 29.0 Å². The van der Waals surface area contributed by atoms with Gasteiger partial charge in [0, 0.05) is 17.8 Å². The molecule has 0 fully saturated rings. The maximum absolute atomic E-state index is 12.3. The van der Waals surface area contributed by atoms with E-state index in [9.17, 15) is 4.79 Å². The van der Waals surface area contributed by atoms with Crippen molar-refractivity contribution in [3.05, 3.63) is 52.2 Å². The molecule has 1 heterocycles. The zero-order chi connectivity index (χ0) is 15.4. The second kappa shape index (κ2) is 6.59. The molecule has 2 aromatic rings. The molecular formula is C16H18ClN3O. The molecule has 110 valence electrons. The third-order valence-electron chi connectivity index (χ3n) is 2.89. The fraction of sp³-hybridized carbons (Fsp3) is 0.250. The van der Waals surface area contributed by atoms with Crippen molar-refractivity contribution in [2.45, 2.75) is 20.8 Å². The van der Waals surface area contributed by atoms with Gasteiger partial charge in [0.15, 0.2) is 0 Å². The van der Waals surface area contributed by atoms with Crippen molar-refractivity contribution in [1.29, 1.82) is 0 Å². The third kappa shape index (κ3) is 4.20. The van der Waals surface area contributed by atoms with Crippen molar-refractivity contribution in [2.75, 3.05) is 17.2 Å². The molecule has 0 saturated heterocycles. The van der Waals surface area contributed by atoms with E-state index in [0.29, 0.717) is 23.1 Å². The molecule has 0 aliphatic rings. The standard InChI is InChI=1S/C16H18ClN3O/c1-4-18-15-9-12(8-14(17)20-15)16(21)19-13-6-10(2)5-11(3)7-13/h5-9H,4H2,1-3H3,(H,18,20)(H,19,21). The summed E-state index contributed by atoms with van der Waals surface area (Å²) in [6.07, 6.45) is 0. The number of rotatable bonds is 4. The molecule has 0 atom stereocenters. The molecule has 0 aliphatic heterocycles. The Kier molecular flexibility index (Phi) is 4.81. The van der Waals surface area contributed by atoms with Gasteiger partial charge in [-0.15, -0.1) is 0 Å². The number of nitrogens with zero attached hydrogens (tertiary/aromatic N) is 1. The summed E-state index contributed by atoms with van der Waals surface area (Å²) < 4.78 is 0. The van der Waals surface area contributed by atoms with E-state index in [1.807, 2.05) is 32.9 Å². The molecule has 0 unspecified atom stereocenters. The van der Waals surface area contributed by atoms with Gasteiger partial charge in [-0.05, 0) is 56.2 Å². The summed E-state index contributed by atoms with van der Waals surface area (Å²) in [6, 6.07) is 9.16. The highest BCUT2D eigenvalue weighted by molar-refractivity contribution is 6.30. The van der Waals surface area contributed by atoms with Gasteiger partial charge in [0.1, 0.15) is 11.0 Å². The fourth-order valence-electron chi connectivity index (χ4n) is 2.15. The minimum absolute atomic E-state index is 0.205. The Labute approximate surface area is 129 Å². The van der Waals surface area contributed by atoms with Crippen LogP contribution in [0.3, 0.4) is 0 Å². The highest BCUT2D eigenvalue weighted by Gasteiger charge is 2.10. The smallest absolute Gasteiger partial charge is 0.255 e. The van der Waals surface area contributed by atoms with E-state index in [1.165, 1.54) is 0 Å². The number of carbonyl (C=O) groups is 1. The van der Waals surface area contributed by atoms with Crippen LogP contribution in [0.2, 0.25) is 5.15 Å². The van der Waals surface area contributed by atoms with Gasteiger partial charge < -0.3 is 10.6 Å². The van der Waals surface area contributed by atoms with Crippen LogP contribution in [0.25, 0.3) is 0 Å². The molecule has 0 bridgehead atoms. The summed E-state index contributed by atoms with van der Waals surface area (Å²) >= 11 is 5.95. The summed E-state index contributed by atoms with van der Waals surface area (Å²) in [5.74, 6) is 0.388. The predicted octanol–water partition coefficient (Wildman–Crippen LogP) is 4.04. The SMILES string of the molecule is CCNc1cc(C(=O)Nc2cc(C)cc(C)c2)cc(Cl)n1. The van der Waals surface area contributed by atoms with E-state index in [1.54, 1.807) is 12.1 Å². The van der Waals surface area contributed by atoms with Crippen LogP contribution in [0, 0.1) is 13.8 Å². The molecule has 0 saturated carbocycles. The van der Waals surface area contributed by atoms with Crippen LogP contribution in [-0.4, -0.2) is 17.4 Å². The molecule has 0 spiro atoms. The van der Waals surface area contributed by atoms with E-state index in [-0.39, 0.29) is 5.91 Å². The number of anilines is 2. The first-order valence-electron chi connectivity index (χ1n) is 6.79. The third-order valence-corrected chi connectivity index (χ3v) is 3.09. The predicted molar refractivity (Wildman–Crippen MR) is 87.3 cm³/mol. The number of carbonyl (C=O) groups excluding carboxylic acids is 1. The van der Waals surface area contributed by atoms with Gasteiger partial charge in [0.2, 0.25) is 0 Å². The summed E-state index contributed by atoms with van der Waals surface area (Å²) in [5.41, 5.74) is 3.46. The quantitative estimate of drug-likeness (QED) is 0.838. The maximum Gasteiger partial charge on any atom is 0.255 e. The monoisotopic (exact) mass is 303 g/mol. The Bertz CT molecular complexity index is 650. The Morgan fingerprint density at radius 3 is 2.43 bits per heavy atom. The van der Waals surface area contributed by atoms with Gasteiger partial charge in [-0.25, -0.2) is 4.98 Å². The number of amides is 1. The van der Waals surface area contributed by atoms with E-state index in [2.05, 4.69) is 21.7 Å². The Morgan fingerprint density at radius 2 is 1.81 bits per heavy atom. The van der Waals surface area contributed by atoms with Crippen LogP contribution in [0.4, 0.5) is 11.5 Å². The number of halogens is 1. The molecule has 1 aromatic heterocycles. The molecule has 1 aromatic carbocycles. The van der Waals surface area contributed by atoms with E-state index in [0.717, 1.165) is 16.8 Å². The van der Waals surface area contributed by atoms with E-state index in [4.69, 9.17) is 11.6 Å². The van der Waals surface area contributed by atoms with Gasteiger partial charge in [-0.1, -0.05) is 17.7 Å². The highest BCUT2D eigenvalue weighted by Crippen LogP contribution is 2.18. The van der Waals surface area contributed by atoms with Crippen molar-refractivity contribution in [1.82, 2.24) is 4.98 Å². The van der Waals surface area contributed by atoms with E-state index >= 15 is 0 Å². The van der Waals surface area contributed by atoms with Crippen molar-refractivity contribution in [2.24, 2.45) is 0 Å². The minimum atomic E-state index is -0.205. The number of pyridine rings is 1. The summed E-state index contributed by atoms with van der Waals surface area (Å²) in [6.45, 7) is 6.66. The molecular weight excluding hydrogens is 286 g/mol. The number of aromatic nitrogens is 1. The van der Waals surface area contributed by atoms with Gasteiger partial charge >= 0.3 is 0 Å². The molecule has 5 heteroatoms. The first-order chi connectivity index (χ1) is 9.97. The first-order valence-corrected chi connectivity index (χ1v) is 7.17. The van der Waals surface area contributed by atoms with Gasteiger partial charge in [-0.3, -0.25) is 4.79 Å². The van der Waals surface area contributed by atoms with Crippen LogP contribution in [-0.2, 0) is 0 Å². The Morgan fingerprint density at radius 1 is 1.14 bits per heavy atom. The second-order valence-electron chi connectivity index (χ2n) is 4.92. The van der Waals surface area contributed by atoms with E-state index < -0.39 is 0 Å². The van der Waals surface area contributed by atoms with Crippen LogP contribution in [0.5, 0.6) is 0 Å². The number of hydrogen-bond donors (Lipinski definition) is 2. The maximum atomic E-state index is 12.3. The zero-order valence-electron chi connectivity index (χ0n) is 12.3. The topological polar surface area (TPSA) is 54.0 Å². The summed E-state index contributed by atoms with van der Waals surface area (Å²) in [5, 5.41) is 6.22. The molecule has 0 radical (unpaired) electrons. The first kappa shape index (κ1) is 15.3. The van der Waals surface area contributed by atoms with Crippen LogP contribution in [0.15, 0.2) is 30.3 Å². The van der Waals surface area contributed by atoms with Crippen LogP contribution in [0.1, 0.15) is 28.4 Å². The minimum Gasteiger partial charge on any atom is -0.370 e. The fourth-order valence-corrected chi connectivity index (χ4v) is 2.36. The second-order valence-corrected chi connectivity index (χ2v) is 5.31. The number of benzene rings is 1. The number of nitrogens with one attached hydrogen (secondary N) is 2. The lowest BCUT2D eigenvalue weighted by molar-refractivity contribution is 0.102. The molecule has 1 amide bonds. The normalized spacial score (nSPS) is 10.3. The molecule has 2 rings (SSSR count). The van der Waals surface area contributed by atoms with Crippen molar-refractivity contribution < 1.29 is 4.79 Å². The van der Waals surface area contributed by atoms with Crippen LogP contribution >= 0.6 is 11.6 Å². The lowest BCUT2D eigenvalue weighted by Crippen LogP contribution is -2.13. The average Bonchev–Trinajstić information content (AvgIpc) is 2.37. The van der Waals surface area contributed by atoms with Crippen LogP contribution < -0.4 is 10.6 Å². The van der Waals surface area contributed by atoms with Gasteiger partial charge in [0.25, 0.3) is 5.91 Å². The van der Waals surface area contributed by atoms with Gasteiger partial charge in [-0.2, -0.15) is 0 Å². The molecule has 4 nitrogen and oxygen atoms in total. The summed E-state index contributed by atoms with van der Waals surface area (Å²) in [7, 11) is 0. The average molecular weight is 304 g/mol. The largest absolute Gasteiger partial charge is 0.370 e. The lowest BCUT2D eigenvalue weighted by Gasteiger charge is -2.09. The Balaban J connectivity index is 2.23. The molecule has 2 N–H and O–H groups in total. The Hall–Kier alpha value is -2.07.